The van der Waals surface area contributed by atoms with E-state index in [2.05, 4.69) is 44.7 Å². The molecule has 150 valence electrons. The van der Waals surface area contributed by atoms with E-state index in [0.717, 1.165) is 37.3 Å². The number of carbonyl (C=O) groups excluding carboxylic acids is 1. The Hall–Kier alpha value is -3.32. The van der Waals surface area contributed by atoms with Crippen LogP contribution in [-0.4, -0.2) is 41.8 Å². The number of nitrogens with one attached hydrogen (secondary N) is 2. The number of amides is 1. The normalized spacial score (nSPS) is 13.6. The van der Waals surface area contributed by atoms with Crippen LogP contribution in [0.15, 0.2) is 48.5 Å². The maximum Gasteiger partial charge on any atom is 0.257 e. The van der Waals surface area contributed by atoms with Gasteiger partial charge in [0.1, 0.15) is 0 Å². The summed E-state index contributed by atoms with van der Waals surface area (Å²) in [6.45, 7) is 2.59. The Labute approximate surface area is 169 Å². The topological polar surface area (TPSA) is 79.5 Å². The van der Waals surface area contributed by atoms with Gasteiger partial charge in [-0.05, 0) is 30.2 Å². The van der Waals surface area contributed by atoms with Gasteiger partial charge in [0, 0.05) is 30.8 Å². The molecule has 2 heterocycles. The van der Waals surface area contributed by atoms with Crippen LogP contribution >= 0.6 is 0 Å². The molecule has 7 nitrogen and oxygen atoms in total. The fraction of sp³-hybridized carbons (Fsp3) is 0.273. The quantitative estimate of drug-likeness (QED) is 0.673. The molecule has 0 fully saturated rings. The van der Waals surface area contributed by atoms with E-state index in [1.807, 2.05) is 6.07 Å². The highest BCUT2D eigenvalue weighted by molar-refractivity contribution is 6.04. The molecule has 2 aromatic carbocycles. The molecule has 7 heteroatoms. The van der Waals surface area contributed by atoms with Crippen LogP contribution in [0.3, 0.4) is 0 Å². The number of hydrogen-bond acceptors (Lipinski definition) is 5. The Morgan fingerprint density at radius 2 is 1.93 bits per heavy atom. The lowest BCUT2D eigenvalue weighted by atomic mass is 10.1. The maximum absolute atomic E-state index is 12.7. The van der Waals surface area contributed by atoms with Crippen LogP contribution in [0.5, 0.6) is 11.5 Å². The lowest BCUT2D eigenvalue weighted by molar-refractivity contribution is 0.102. The Balaban J connectivity index is 1.45. The number of aromatic amines is 1. The number of nitrogens with zero attached hydrogens (tertiary/aromatic N) is 2. The molecule has 29 heavy (non-hydrogen) atoms. The molecule has 4 rings (SSSR count). The summed E-state index contributed by atoms with van der Waals surface area (Å²) in [6, 6.07) is 15.5. The third kappa shape index (κ3) is 4.09. The number of ether oxygens (including phenoxy) is 2. The Bertz CT molecular complexity index is 1000. The average molecular weight is 392 g/mol. The number of benzene rings is 2. The molecule has 1 amide bonds. The fourth-order valence-corrected chi connectivity index (χ4v) is 3.61. The maximum atomic E-state index is 12.7. The van der Waals surface area contributed by atoms with Gasteiger partial charge in [0.15, 0.2) is 17.3 Å². The minimum atomic E-state index is -0.230. The average Bonchev–Trinajstić information content (AvgIpc) is 3.15. The molecule has 0 aliphatic carbocycles. The number of aromatic nitrogens is 2. The van der Waals surface area contributed by atoms with Crippen LogP contribution in [-0.2, 0) is 19.5 Å². The predicted molar refractivity (Wildman–Crippen MR) is 110 cm³/mol. The first-order valence-corrected chi connectivity index (χ1v) is 9.53. The van der Waals surface area contributed by atoms with Gasteiger partial charge in [-0.3, -0.25) is 14.8 Å². The van der Waals surface area contributed by atoms with Crippen LogP contribution in [0.4, 0.5) is 5.82 Å². The fourth-order valence-electron chi connectivity index (χ4n) is 3.61. The molecule has 0 atom stereocenters. The standard InChI is InChI=1S/C22H24N4O3/c1-28-19-9-8-16(12-20(19)29-2)22(27)23-21-17-10-11-26(14-18(17)24-25-21)13-15-6-4-3-5-7-15/h3-9,12H,10-11,13-14H2,1-2H3,(H2,23,24,25,27). The third-order valence-electron chi connectivity index (χ3n) is 5.14. The van der Waals surface area contributed by atoms with Crippen molar-refractivity contribution in [1.82, 2.24) is 15.1 Å². The number of H-pyrrole nitrogens is 1. The molecular weight excluding hydrogens is 368 g/mol. The van der Waals surface area contributed by atoms with Crippen LogP contribution in [0.2, 0.25) is 0 Å². The van der Waals surface area contributed by atoms with Crippen LogP contribution in [0, 0.1) is 0 Å². The first kappa shape index (κ1) is 19.0. The van der Waals surface area contributed by atoms with Crippen LogP contribution < -0.4 is 14.8 Å². The van der Waals surface area contributed by atoms with Gasteiger partial charge in [-0.15, -0.1) is 0 Å². The molecule has 1 aliphatic heterocycles. The van der Waals surface area contributed by atoms with E-state index in [-0.39, 0.29) is 5.91 Å². The molecule has 0 unspecified atom stereocenters. The van der Waals surface area contributed by atoms with Crippen molar-refractivity contribution in [3.63, 3.8) is 0 Å². The second-order valence-corrected chi connectivity index (χ2v) is 7.00. The van der Waals surface area contributed by atoms with Crippen molar-refractivity contribution in [2.24, 2.45) is 0 Å². The minimum absolute atomic E-state index is 0.230. The van der Waals surface area contributed by atoms with Gasteiger partial charge in [-0.25, -0.2) is 0 Å². The molecule has 0 spiro atoms. The molecule has 1 aromatic heterocycles. The predicted octanol–water partition coefficient (Wildman–Crippen LogP) is 3.24. The van der Waals surface area contributed by atoms with Crippen molar-refractivity contribution in [2.75, 3.05) is 26.1 Å². The lowest BCUT2D eigenvalue weighted by Gasteiger charge is -2.26. The second kappa shape index (κ2) is 8.36. The zero-order valence-corrected chi connectivity index (χ0v) is 16.6. The monoisotopic (exact) mass is 392 g/mol. The Morgan fingerprint density at radius 1 is 1.14 bits per heavy atom. The van der Waals surface area contributed by atoms with E-state index in [4.69, 9.17) is 9.47 Å². The summed E-state index contributed by atoms with van der Waals surface area (Å²) in [5, 5.41) is 10.4. The molecule has 0 bridgehead atoms. The van der Waals surface area contributed by atoms with Crippen molar-refractivity contribution in [3.8, 4) is 11.5 Å². The van der Waals surface area contributed by atoms with Gasteiger partial charge in [0.25, 0.3) is 5.91 Å². The second-order valence-electron chi connectivity index (χ2n) is 7.00. The van der Waals surface area contributed by atoms with Crippen molar-refractivity contribution in [2.45, 2.75) is 19.5 Å². The van der Waals surface area contributed by atoms with Crippen molar-refractivity contribution in [3.05, 3.63) is 70.9 Å². The van der Waals surface area contributed by atoms with Gasteiger partial charge in [0.2, 0.25) is 0 Å². The third-order valence-corrected chi connectivity index (χ3v) is 5.14. The Kier molecular flexibility index (Phi) is 5.48. The molecule has 0 radical (unpaired) electrons. The Morgan fingerprint density at radius 3 is 2.69 bits per heavy atom. The summed E-state index contributed by atoms with van der Waals surface area (Å²) in [6.07, 6.45) is 0.834. The summed E-state index contributed by atoms with van der Waals surface area (Å²) >= 11 is 0. The molecule has 1 aliphatic rings. The van der Waals surface area contributed by atoms with Gasteiger partial charge in [0.05, 0.1) is 19.9 Å². The van der Waals surface area contributed by atoms with Crippen LogP contribution in [0.1, 0.15) is 27.2 Å². The largest absolute Gasteiger partial charge is 0.493 e. The number of carbonyl (C=O) groups is 1. The summed E-state index contributed by atoms with van der Waals surface area (Å²) in [7, 11) is 3.11. The smallest absolute Gasteiger partial charge is 0.257 e. The SMILES string of the molecule is COc1ccc(C(=O)Nc2n[nH]c3c2CCN(Cc2ccccc2)C3)cc1OC. The highest BCUT2D eigenvalue weighted by atomic mass is 16.5. The summed E-state index contributed by atoms with van der Waals surface area (Å²) in [4.78, 5) is 15.1. The minimum Gasteiger partial charge on any atom is -0.493 e. The number of methoxy groups -OCH3 is 2. The highest BCUT2D eigenvalue weighted by Crippen LogP contribution is 2.29. The van der Waals surface area contributed by atoms with Gasteiger partial charge in [-0.1, -0.05) is 30.3 Å². The van der Waals surface area contributed by atoms with Crippen molar-refractivity contribution >= 4 is 11.7 Å². The van der Waals surface area contributed by atoms with Crippen molar-refractivity contribution in [1.29, 1.82) is 0 Å². The van der Waals surface area contributed by atoms with E-state index in [1.54, 1.807) is 32.4 Å². The van der Waals surface area contributed by atoms with Gasteiger partial charge < -0.3 is 14.8 Å². The summed E-state index contributed by atoms with van der Waals surface area (Å²) < 4.78 is 10.5. The van der Waals surface area contributed by atoms with Gasteiger partial charge >= 0.3 is 0 Å². The highest BCUT2D eigenvalue weighted by Gasteiger charge is 2.23. The molecule has 2 N–H and O–H groups in total. The van der Waals surface area contributed by atoms with Crippen molar-refractivity contribution < 1.29 is 14.3 Å². The first-order chi connectivity index (χ1) is 14.2. The molecule has 3 aromatic rings. The van der Waals surface area contributed by atoms with E-state index in [9.17, 15) is 4.79 Å². The number of anilines is 1. The van der Waals surface area contributed by atoms with E-state index < -0.39 is 0 Å². The molecule has 0 saturated carbocycles. The first-order valence-electron chi connectivity index (χ1n) is 9.53. The molecule has 0 saturated heterocycles. The van der Waals surface area contributed by atoms with Gasteiger partial charge in [-0.2, -0.15) is 5.10 Å². The lowest BCUT2D eigenvalue weighted by Crippen LogP contribution is -2.30. The zero-order chi connectivity index (χ0) is 20.2. The zero-order valence-electron chi connectivity index (χ0n) is 16.6. The van der Waals surface area contributed by atoms with E-state index in [1.165, 1.54) is 5.56 Å². The summed E-state index contributed by atoms with van der Waals surface area (Å²) in [5.74, 6) is 1.46. The number of fused-ring (bicyclic) bond motifs is 1. The molecular formula is C22H24N4O3. The van der Waals surface area contributed by atoms with Crippen LogP contribution in [0.25, 0.3) is 0 Å². The number of rotatable bonds is 6. The summed E-state index contributed by atoms with van der Waals surface area (Å²) in [5.41, 5.74) is 3.90. The number of hydrogen-bond donors (Lipinski definition) is 2. The van der Waals surface area contributed by atoms with E-state index in [0.29, 0.717) is 22.9 Å². The van der Waals surface area contributed by atoms with E-state index >= 15 is 0 Å².